The zero-order chi connectivity index (χ0) is 5.28. The first-order valence-electron chi connectivity index (χ1n) is 2.36. The van der Waals surface area contributed by atoms with Gasteiger partial charge >= 0.3 is 39.6 Å². The van der Waals surface area contributed by atoms with Crippen molar-refractivity contribution in [3.05, 3.63) is 28.2 Å². The second-order valence-electron chi connectivity index (χ2n) is 1.68. The van der Waals surface area contributed by atoms with Crippen LogP contribution in [0.3, 0.4) is 0 Å². The Morgan fingerprint density at radius 1 is 1.45 bits per heavy atom. The molecule has 0 aromatic rings. The van der Waals surface area contributed by atoms with Crippen molar-refractivity contribution < 1.29 is 44.4 Å². The topological polar surface area (TPSA) is 9.23 Å². The Hall–Kier alpha value is 1.30. The van der Waals surface area contributed by atoms with Crippen LogP contribution < -0.4 is 0 Å². The summed E-state index contributed by atoms with van der Waals surface area (Å²) in [6.07, 6.45) is 2.83. The van der Waals surface area contributed by atoms with E-state index in [1.165, 1.54) is 0 Å². The Kier molecular flexibility index (Phi) is 23.4. The molecule has 0 N–H and O–H groups in total. The van der Waals surface area contributed by atoms with E-state index in [1.807, 2.05) is 6.42 Å². The van der Waals surface area contributed by atoms with Crippen molar-refractivity contribution >= 4 is 7.85 Å². The molecule has 1 saturated heterocycles. The molecule has 0 saturated carbocycles. The minimum atomic E-state index is -0.0949. The maximum absolute atomic E-state index is 5.33. The van der Waals surface area contributed by atoms with Crippen molar-refractivity contribution in [2.24, 2.45) is 0 Å². The quantitative estimate of drug-likeness (QED) is 0.467. The molecule has 0 spiro atoms. The fourth-order valence-electron chi connectivity index (χ4n) is 0.622. The van der Waals surface area contributed by atoms with Crippen molar-refractivity contribution in [2.75, 3.05) is 0 Å². The molecule has 0 amide bonds. The summed E-state index contributed by atoms with van der Waals surface area (Å²) in [6, 6.07) is -0.0949. The SMILES string of the molecule is [B]C1C[CH-]C([CH2-])O1.[CH3-].[CH3-].[V+2].[W+2]. The number of rotatable bonds is 0. The molecule has 4 heteroatoms. The molecule has 1 aliphatic heterocycles. The standard InChI is InChI=1S/C5H7BO.2CH3.V.W/c1-4-2-3-5(6)7-4;;;;/h2,4-5H,1,3H2;2*1H3;;/q-2;2*-1;2*+2. The number of ether oxygens (including phenoxy) is 1. The van der Waals surface area contributed by atoms with Gasteiger partial charge in [-0.3, -0.25) is 0 Å². The van der Waals surface area contributed by atoms with Gasteiger partial charge in [0.05, 0.1) is 0 Å². The van der Waals surface area contributed by atoms with Crippen LogP contribution in [0, 0.1) is 28.2 Å². The van der Waals surface area contributed by atoms with Gasteiger partial charge in [-0.2, -0.15) is 12.5 Å². The summed E-state index contributed by atoms with van der Waals surface area (Å²) in [5.74, 6) is 0. The van der Waals surface area contributed by atoms with Gasteiger partial charge in [-0.05, 0) is 6.00 Å². The molecule has 1 heterocycles. The Bertz CT molecular complexity index is 67.5. The van der Waals surface area contributed by atoms with E-state index in [0.717, 1.165) is 6.42 Å². The number of hydrogen-bond donors (Lipinski definition) is 0. The van der Waals surface area contributed by atoms with Gasteiger partial charge in [0.25, 0.3) is 0 Å². The van der Waals surface area contributed by atoms with Crippen molar-refractivity contribution in [1.82, 2.24) is 0 Å². The van der Waals surface area contributed by atoms with E-state index in [4.69, 9.17) is 12.6 Å². The molecule has 61 valence electrons. The van der Waals surface area contributed by atoms with Crippen molar-refractivity contribution in [1.29, 1.82) is 0 Å². The fourth-order valence-corrected chi connectivity index (χ4v) is 0.622. The van der Waals surface area contributed by atoms with Crippen LogP contribution in [0.1, 0.15) is 6.42 Å². The van der Waals surface area contributed by atoms with Gasteiger partial charge in [-0.1, -0.05) is 0 Å². The van der Waals surface area contributed by atoms with E-state index in [9.17, 15) is 0 Å². The Morgan fingerprint density at radius 3 is 2.00 bits per heavy atom. The maximum atomic E-state index is 5.33. The van der Waals surface area contributed by atoms with Gasteiger partial charge < -0.3 is 32.9 Å². The Balaban J connectivity index is -0.0000000612. The molecule has 3 radical (unpaired) electrons. The van der Waals surface area contributed by atoms with Crippen LogP contribution in [0.5, 0.6) is 0 Å². The summed E-state index contributed by atoms with van der Waals surface area (Å²) in [4.78, 5) is 0. The van der Waals surface area contributed by atoms with E-state index in [0.29, 0.717) is 0 Å². The van der Waals surface area contributed by atoms with E-state index < -0.39 is 0 Å². The molecule has 0 aliphatic carbocycles. The first-order valence-corrected chi connectivity index (χ1v) is 2.36. The monoisotopic (exact) mass is 359 g/mol. The fraction of sp³-hybridized carbons (Fsp3) is 0.429. The molecule has 11 heavy (non-hydrogen) atoms. The van der Waals surface area contributed by atoms with E-state index in [2.05, 4.69) is 6.92 Å². The average molecular weight is 359 g/mol. The van der Waals surface area contributed by atoms with Crippen LogP contribution in [-0.4, -0.2) is 20.0 Å². The average Bonchev–Trinajstić information content (AvgIpc) is 1.87. The molecule has 1 nitrogen and oxygen atoms in total. The second-order valence-corrected chi connectivity index (χ2v) is 1.68. The smallest absolute Gasteiger partial charge is 0.450 e. The summed E-state index contributed by atoms with van der Waals surface area (Å²) in [6.45, 7) is 3.63. The van der Waals surface area contributed by atoms with Crippen LogP contribution in [0.2, 0.25) is 0 Å². The van der Waals surface area contributed by atoms with E-state index in [-0.39, 0.29) is 66.6 Å². The molecular weight excluding hydrogens is 346 g/mol. The van der Waals surface area contributed by atoms with Gasteiger partial charge in [0.2, 0.25) is 0 Å². The van der Waals surface area contributed by atoms with Gasteiger partial charge in [0, 0.05) is 0 Å². The summed E-state index contributed by atoms with van der Waals surface area (Å²) in [5, 5.41) is 0. The first kappa shape index (κ1) is 22.8. The summed E-state index contributed by atoms with van der Waals surface area (Å²) in [7, 11) is 5.33. The largest absolute Gasteiger partial charge is 2.00 e. The van der Waals surface area contributed by atoms with Crippen molar-refractivity contribution in [3.8, 4) is 0 Å². The van der Waals surface area contributed by atoms with Crippen LogP contribution in [0.25, 0.3) is 0 Å². The molecule has 0 aromatic carbocycles. The second kappa shape index (κ2) is 11.3. The van der Waals surface area contributed by atoms with E-state index in [1.54, 1.807) is 0 Å². The molecule has 1 aliphatic rings. The third-order valence-electron chi connectivity index (χ3n) is 0.981. The minimum Gasteiger partial charge on any atom is -0.450 e. The summed E-state index contributed by atoms with van der Waals surface area (Å²) >= 11 is 0. The van der Waals surface area contributed by atoms with E-state index >= 15 is 0 Å². The van der Waals surface area contributed by atoms with Crippen molar-refractivity contribution in [2.45, 2.75) is 18.5 Å². The molecular formula is C7H13BOVW. The van der Waals surface area contributed by atoms with Crippen LogP contribution in [-0.2, 0) is 44.4 Å². The Labute approximate surface area is 98.6 Å². The predicted molar refractivity (Wildman–Crippen MR) is 41.5 cm³/mol. The molecule has 1 rings (SSSR count). The maximum Gasteiger partial charge on any atom is 2.00 e. The molecule has 0 aromatic heterocycles. The van der Waals surface area contributed by atoms with Crippen molar-refractivity contribution in [3.63, 3.8) is 0 Å². The van der Waals surface area contributed by atoms with Gasteiger partial charge in [0.1, 0.15) is 7.85 Å². The zero-order valence-corrected chi connectivity index (χ0v) is 11.3. The number of hydrogen-bond acceptors (Lipinski definition) is 1. The molecule has 1 fully saturated rings. The van der Waals surface area contributed by atoms with Gasteiger partial charge in [-0.15, -0.1) is 0 Å². The van der Waals surface area contributed by atoms with Crippen LogP contribution in [0.4, 0.5) is 0 Å². The zero-order valence-electron chi connectivity index (χ0n) is 6.99. The van der Waals surface area contributed by atoms with Crippen LogP contribution in [0.15, 0.2) is 0 Å². The van der Waals surface area contributed by atoms with Crippen LogP contribution >= 0.6 is 0 Å². The molecule has 2 atom stereocenters. The van der Waals surface area contributed by atoms with Gasteiger partial charge in [-0.25, -0.2) is 0 Å². The molecule has 2 unspecified atom stereocenters. The Morgan fingerprint density at radius 2 is 1.91 bits per heavy atom. The normalized spacial score (nSPS) is 26.6. The third-order valence-corrected chi connectivity index (χ3v) is 0.981. The third kappa shape index (κ3) is 9.21. The summed E-state index contributed by atoms with van der Waals surface area (Å²) in [5.41, 5.74) is 0. The molecule has 0 bridgehead atoms. The first-order chi connectivity index (χ1) is 3.29. The summed E-state index contributed by atoms with van der Waals surface area (Å²) < 4.78 is 4.97. The predicted octanol–water partition coefficient (Wildman–Crippen LogP) is 1.20. The van der Waals surface area contributed by atoms with Gasteiger partial charge in [0.15, 0.2) is 0 Å². The minimum absolute atomic E-state index is 0.